The second-order valence-electron chi connectivity index (χ2n) is 5.11. The summed E-state index contributed by atoms with van der Waals surface area (Å²) in [6, 6.07) is 8.31. The van der Waals surface area contributed by atoms with E-state index in [1.807, 2.05) is 19.9 Å². The van der Waals surface area contributed by atoms with Crippen molar-refractivity contribution in [1.82, 2.24) is 9.97 Å². The summed E-state index contributed by atoms with van der Waals surface area (Å²) in [7, 11) is 0. The lowest BCUT2D eigenvalue weighted by molar-refractivity contribution is 0.234. The van der Waals surface area contributed by atoms with Crippen molar-refractivity contribution in [3.05, 3.63) is 36.2 Å². The molecule has 0 unspecified atom stereocenters. The van der Waals surface area contributed by atoms with Gasteiger partial charge in [-0.1, -0.05) is 18.2 Å². The fourth-order valence-electron chi connectivity index (χ4n) is 2.46. The largest absolute Gasteiger partial charge is 0.473 e. The fourth-order valence-corrected chi connectivity index (χ4v) is 2.46. The summed E-state index contributed by atoms with van der Waals surface area (Å²) in [6.45, 7) is 4.78. The number of rotatable bonds is 3. The molecular formula is C15H18N4O. The molecule has 20 heavy (non-hydrogen) atoms. The normalized spacial score (nSPS) is 13.7. The quantitative estimate of drug-likeness (QED) is 0.928. The van der Waals surface area contributed by atoms with Gasteiger partial charge in [0.25, 0.3) is 0 Å². The Hall–Kier alpha value is -2.30. The summed E-state index contributed by atoms with van der Waals surface area (Å²) in [5.41, 5.74) is 9.15. The van der Waals surface area contributed by atoms with Gasteiger partial charge in [-0.2, -0.15) is 4.98 Å². The zero-order valence-corrected chi connectivity index (χ0v) is 11.7. The van der Waals surface area contributed by atoms with Crippen molar-refractivity contribution in [1.29, 1.82) is 0 Å². The molecule has 1 aliphatic heterocycles. The molecule has 0 saturated heterocycles. The third-order valence-corrected chi connectivity index (χ3v) is 3.32. The van der Waals surface area contributed by atoms with Gasteiger partial charge in [0, 0.05) is 12.2 Å². The Labute approximate surface area is 118 Å². The van der Waals surface area contributed by atoms with Crippen molar-refractivity contribution in [3.8, 4) is 5.88 Å². The number of anilines is 3. The van der Waals surface area contributed by atoms with Gasteiger partial charge in [0.15, 0.2) is 5.82 Å². The van der Waals surface area contributed by atoms with Gasteiger partial charge in [-0.15, -0.1) is 0 Å². The highest BCUT2D eigenvalue weighted by atomic mass is 16.5. The second-order valence-corrected chi connectivity index (χ2v) is 5.11. The third-order valence-electron chi connectivity index (χ3n) is 3.32. The van der Waals surface area contributed by atoms with Crippen LogP contribution in [-0.4, -0.2) is 22.6 Å². The van der Waals surface area contributed by atoms with Crippen LogP contribution < -0.4 is 15.4 Å². The predicted molar refractivity (Wildman–Crippen MR) is 79.4 cm³/mol. The summed E-state index contributed by atoms with van der Waals surface area (Å²) < 4.78 is 5.63. The smallest absolute Gasteiger partial charge is 0.242 e. The van der Waals surface area contributed by atoms with E-state index in [4.69, 9.17) is 10.5 Å². The molecule has 5 nitrogen and oxygen atoms in total. The molecule has 0 amide bonds. The zero-order chi connectivity index (χ0) is 14.1. The molecule has 5 heteroatoms. The van der Waals surface area contributed by atoms with Crippen LogP contribution in [0.4, 0.5) is 17.2 Å². The molecule has 3 rings (SSSR count). The minimum atomic E-state index is 0.0333. The van der Waals surface area contributed by atoms with Gasteiger partial charge in [0.05, 0.1) is 6.10 Å². The van der Waals surface area contributed by atoms with Crippen molar-refractivity contribution >= 4 is 17.2 Å². The van der Waals surface area contributed by atoms with Crippen molar-refractivity contribution in [3.63, 3.8) is 0 Å². The molecule has 0 bridgehead atoms. The lowest BCUT2D eigenvalue weighted by Gasteiger charge is -2.21. The van der Waals surface area contributed by atoms with E-state index in [0.717, 1.165) is 24.5 Å². The van der Waals surface area contributed by atoms with Crippen LogP contribution >= 0.6 is 0 Å². The van der Waals surface area contributed by atoms with E-state index in [1.54, 1.807) is 0 Å². The van der Waals surface area contributed by atoms with E-state index in [1.165, 1.54) is 11.9 Å². The Morgan fingerprint density at radius 3 is 2.85 bits per heavy atom. The summed E-state index contributed by atoms with van der Waals surface area (Å²) in [5, 5.41) is 0. The summed E-state index contributed by atoms with van der Waals surface area (Å²) in [4.78, 5) is 10.6. The lowest BCUT2D eigenvalue weighted by Crippen LogP contribution is -2.18. The van der Waals surface area contributed by atoms with E-state index in [2.05, 4.69) is 33.1 Å². The first kappa shape index (κ1) is 12.7. The van der Waals surface area contributed by atoms with Crippen LogP contribution in [0.3, 0.4) is 0 Å². The Kier molecular flexibility index (Phi) is 3.18. The van der Waals surface area contributed by atoms with Crippen LogP contribution in [0.1, 0.15) is 19.4 Å². The van der Waals surface area contributed by atoms with Gasteiger partial charge >= 0.3 is 0 Å². The van der Waals surface area contributed by atoms with Gasteiger partial charge in [0.2, 0.25) is 5.88 Å². The maximum Gasteiger partial charge on any atom is 0.242 e. The molecule has 1 aliphatic rings. The Balaban J connectivity index is 2.00. The van der Waals surface area contributed by atoms with Crippen LogP contribution in [-0.2, 0) is 6.42 Å². The van der Waals surface area contributed by atoms with Crippen LogP contribution in [0.2, 0.25) is 0 Å². The number of hydrogen-bond acceptors (Lipinski definition) is 5. The van der Waals surface area contributed by atoms with Crippen LogP contribution in [0.25, 0.3) is 0 Å². The van der Waals surface area contributed by atoms with E-state index in [0.29, 0.717) is 11.6 Å². The fraction of sp³-hybridized carbons (Fsp3) is 0.333. The number of hydrogen-bond donors (Lipinski definition) is 1. The number of aromatic nitrogens is 2. The molecule has 2 heterocycles. The van der Waals surface area contributed by atoms with Gasteiger partial charge in [-0.3, -0.25) is 0 Å². The summed E-state index contributed by atoms with van der Waals surface area (Å²) >= 11 is 0. The topological polar surface area (TPSA) is 64.3 Å². The standard InChI is InChI=1S/C15H18N4O/c1-10(2)20-15-13(16)14(17-9-18-15)19-8-7-11-5-3-4-6-12(11)19/h3-6,9-10H,7-8,16H2,1-2H3. The zero-order valence-electron chi connectivity index (χ0n) is 11.7. The molecule has 0 saturated carbocycles. The van der Waals surface area contributed by atoms with Gasteiger partial charge in [-0.05, 0) is 31.9 Å². The van der Waals surface area contributed by atoms with Crippen molar-refractivity contribution in [2.45, 2.75) is 26.4 Å². The van der Waals surface area contributed by atoms with Crippen LogP contribution in [0.5, 0.6) is 5.88 Å². The molecule has 0 aliphatic carbocycles. The molecule has 0 radical (unpaired) electrons. The summed E-state index contributed by atoms with van der Waals surface area (Å²) in [5.74, 6) is 1.18. The van der Waals surface area contributed by atoms with Gasteiger partial charge in [-0.25, -0.2) is 4.98 Å². The molecule has 1 aromatic carbocycles. The first-order chi connectivity index (χ1) is 9.66. The minimum Gasteiger partial charge on any atom is -0.473 e. The SMILES string of the molecule is CC(C)Oc1ncnc(N2CCc3ccccc32)c1N. The molecule has 104 valence electrons. The number of ether oxygens (including phenoxy) is 1. The molecular weight excluding hydrogens is 252 g/mol. The molecule has 0 atom stereocenters. The average molecular weight is 270 g/mol. The Morgan fingerprint density at radius 2 is 2.05 bits per heavy atom. The van der Waals surface area contributed by atoms with Crippen molar-refractivity contribution in [2.24, 2.45) is 0 Å². The number of benzene rings is 1. The van der Waals surface area contributed by atoms with Gasteiger partial charge < -0.3 is 15.4 Å². The number of nitrogens with two attached hydrogens (primary N) is 1. The second kappa shape index (κ2) is 5.00. The van der Waals surface area contributed by atoms with E-state index >= 15 is 0 Å². The lowest BCUT2D eigenvalue weighted by atomic mass is 10.2. The summed E-state index contributed by atoms with van der Waals surface area (Å²) in [6.07, 6.45) is 2.54. The maximum absolute atomic E-state index is 6.18. The highest BCUT2D eigenvalue weighted by molar-refractivity contribution is 5.77. The number of nitrogens with zero attached hydrogens (tertiary/aromatic N) is 3. The number of para-hydroxylation sites is 1. The molecule has 2 N–H and O–H groups in total. The van der Waals surface area contributed by atoms with Crippen LogP contribution in [0.15, 0.2) is 30.6 Å². The van der Waals surface area contributed by atoms with Crippen LogP contribution in [0, 0.1) is 0 Å². The third kappa shape index (κ3) is 2.15. The molecule has 0 fully saturated rings. The van der Waals surface area contributed by atoms with E-state index < -0.39 is 0 Å². The van der Waals surface area contributed by atoms with Crippen molar-refractivity contribution in [2.75, 3.05) is 17.2 Å². The first-order valence-electron chi connectivity index (χ1n) is 6.79. The highest BCUT2D eigenvalue weighted by Crippen LogP contribution is 2.38. The molecule has 2 aromatic rings. The Bertz CT molecular complexity index is 627. The number of nitrogen functional groups attached to an aromatic ring is 1. The average Bonchev–Trinajstić information content (AvgIpc) is 2.85. The highest BCUT2D eigenvalue weighted by Gasteiger charge is 2.24. The molecule has 1 aromatic heterocycles. The van der Waals surface area contributed by atoms with E-state index in [-0.39, 0.29) is 6.10 Å². The first-order valence-corrected chi connectivity index (χ1v) is 6.79. The monoisotopic (exact) mass is 270 g/mol. The van der Waals surface area contributed by atoms with Gasteiger partial charge in [0.1, 0.15) is 12.0 Å². The van der Waals surface area contributed by atoms with E-state index in [9.17, 15) is 0 Å². The number of fused-ring (bicyclic) bond motifs is 1. The predicted octanol–water partition coefficient (Wildman–Crippen LogP) is 2.54. The Morgan fingerprint density at radius 1 is 1.25 bits per heavy atom. The minimum absolute atomic E-state index is 0.0333. The maximum atomic E-state index is 6.18. The molecule has 0 spiro atoms. The van der Waals surface area contributed by atoms with Crippen molar-refractivity contribution < 1.29 is 4.74 Å².